The first kappa shape index (κ1) is 27.5. The summed E-state index contributed by atoms with van der Waals surface area (Å²) < 4.78 is 0. The monoisotopic (exact) mass is 434 g/mol. The Balaban J connectivity index is 1.87. The molecular formula is C29H51Cl. The van der Waals surface area contributed by atoms with Gasteiger partial charge in [0.2, 0.25) is 0 Å². The summed E-state index contributed by atoms with van der Waals surface area (Å²) in [6, 6.07) is 4.44. The Kier molecular flexibility index (Phi) is 17.6. The maximum absolute atomic E-state index is 6.14. The van der Waals surface area contributed by atoms with Gasteiger partial charge in [-0.15, -0.1) is 11.6 Å². The molecule has 0 aliphatic rings. The Labute approximate surface area is 194 Å². The summed E-state index contributed by atoms with van der Waals surface area (Å²) in [6.45, 7) is 6.77. The lowest BCUT2D eigenvalue weighted by Crippen LogP contribution is -1.98. The van der Waals surface area contributed by atoms with E-state index in [1.807, 2.05) is 0 Å². The van der Waals surface area contributed by atoms with Crippen LogP contribution in [0, 0.1) is 13.8 Å². The third-order valence-corrected chi connectivity index (χ3v) is 7.18. The van der Waals surface area contributed by atoms with Crippen LogP contribution in [0.5, 0.6) is 0 Å². The van der Waals surface area contributed by atoms with Crippen molar-refractivity contribution in [2.75, 3.05) is 0 Å². The molecule has 174 valence electrons. The molecule has 0 amide bonds. The van der Waals surface area contributed by atoms with Gasteiger partial charge in [0.15, 0.2) is 0 Å². The molecule has 0 fully saturated rings. The van der Waals surface area contributed by atoms with Crippen LogP contribution in [0.2, 0.25) is 0 Å². The van der Waals surface area contributed by atoms with Crippen LogP contribution in [0.4, 0.5) is 0 Å². The average Bonchev–Trinajstić information content (AvgIpc) is 2.75. The number of rotatable bonds is 20. The predicted octanol–water partition coefficient (Wildman–Crippen LogP) is 10.6. The fraction of sp³-hybridized carbons (Fsp3) is 0.793. The average molecular weight is 435 g/mol. The van der Waals surface area contributed by atoms with Crippen LogP contribution in [0.15, 0.2) is 12.1 Å². The summed E-state index contributed by atoms with van der Waals surface area (Å²) in [7, 11) is 0. The second kappa shape index (κ2) is 19.2. The largest absolute Gasteiger partial charge is 0.122 e. The fourth-order valence-corrected chi connectivity index (χ4v) is 4.86. The molecule has 1 heteroatoms. The molecule has 0 saturated heterocycles. The van der Waals surface area contributed by atoms with Gasteiger partial charge in [-0.05, 0) is 48.9 Å². The van der Waals surface area contributed by atoms with Gasteiger partial charge in [0.05, 0.1) is 0 Å². The van der Waals surface area contributed by atoms with Crippen molar-refractivity contribution < 1.29 is 0 Å². The first-order chi connectivity index (χ1) is 14.7. The van der Waals surface area contributed by atoms with E-state index < -0.39 is 0 Å². The highest BCUT2D eigenvalue weighted by Crippen LogP contribution is 2.22. The Morgan fingerprint density at radius 1 is 0.567 bits per heavy atom. The summed E-state index contributed by atoms with van der Waals surface area (Å²) in [5.41, 5.74) is 5.72. The van der Waals surface area contributed by atoms with Crippen LogP contribution in [0.3, 0.4) is 0 Å². The summed E-state index contributed by atoms with van der Waals surface area (Å²) in [5.74, 6) is 0.648. The lowest BCUT2D eigenvalue weighted by molar-refractivity contribution is 0.525. The lowest BCUT2D eigenvalue weighted by Gasteiger charge is -2.13. The quantitative estimate of drug-likeness (QED) is 0.141. The number of hydrogen-bond acceptors (Lipinski definition) is 0. The molecule has 0 heterocycles. The van der Waals surface area contributed by atoms with E-state index >= 15 is 0 Å². The number of aryl methyl sites for hydroxylation is 1. The van der Waals surface area contributed by atoms with E-state index in [9.17, 15) is 0 Å². The minimum Gasteiger partial charge on any atom is -0.122 e. The van der Waals surface area contributed by atoms with Crippen LogP contribution in [0.25, 0.3) is 0 Å². The molecule has 1 aromatic rings. The standard InChI is InChI=1S/C29H51Cl/c1-4-5-6-7-8-9-10-11-12-13-14-15-16-17-18-19-20-21-22-29-27(3)26(2)23-24-28(29)25-30/h23-24H,4-22,25H2,1-3H3. The maximum atomic E-state index is 6.14. The van der Waals surface area contributed by atoms with E-state index in [-0.39, 0.29) is 0 Å². The maximum Gasteiger partial charge on any atom is 0.0476 e. The zero-order chi connectivity index (χ0) is 21.9. The fourth-order valence-electron chi connectivity index (χ4n) is 4.61. The van der Waals surface area contributed by atoms with Gasteiger partial charge in [-0.25, -0.2) is 0 Å². The first-order valence-electron chi connectivity index (χ1n) is 13.3. The molecule has 0 spiro atoms. The van der Waals surface area contributed by atoms with E-state index in [0.717, 1.165) is 0 Å². The van der Waals surface area contributed by atoms with E-state index in [1.165, 1.54) is 144 Å². The molecule has 0 aliphatic carbocycles. The summed E-state index contributed by atoms with van der Waals surface area (Å²) in [6.07, 6.45) is 27.1. The minimum atomic E-state index is 0.648. The van der Waals surface area contributed by atoms with Crippen molar-refractivity contribution in [1.82, 2.24) is 0 Å². The Hall–Kier alpha value is -0.490. The van der Waals surface area contributed by atoms with Crippen molar-refractivity contribution >= 4 is 11.6 Å². The number of benzene rings is 1. The second-order valence-corrected chi connectivity index (χ2v) is 9.81. The van der Waals surface area contributed by atoms with Crippen molar-refractivity contribution in [3.8, 4) is 0 Å². The lowest BCUT2D eigenvalue weighted by atomic mass is 9.94. The SMILES string of the molecule is CCCCCCCCCCCCCCCCCCCCc1c(CCl)ccc(C)c1C. The van der Waals surface area contributed by atoms with Crippen LogP contribution in [-0.4, -0.2) is 0 Å². The van der Waals surface area contributed by atoms with Crippen LogP contribution in [0.1, 0.15) is 145 Å². The molecule has 0 atom stereocenters. The molecule has 0 nitrogen and oxygen atoms in total. The summed E-state index contributed by atoms with van der Waals surface area (Å²) in [4.78, 5) is 0. The van der Waals surface area contributed by atoms with E-state index in [0.29, 0.717) is 5.88 Å². The van der Waals surface area contributed by atoms with E-state index in [4.69, 9.17) is 11.6 Å². The smallest absolute Gasteiger partial charge is 0.0476 e. The zero-order valence-electron chi connectivity index (χ0n) is 20.7. The molecule has 0 aliphatic heterocycles. The van der Waals surface area contributed by atoms with Gasteiger partial charge in [-0.3, -0.25) is 0 Å². The molecule has 1 rings (SSSR count). The van der Waals surface area contributed by atoms with Gasteiger partial charge < -0.3 is 0 Å². The van der Waals surface area contributed by atoms with Crippen molar-refractivity contribution in [2.24, 2.45) is 0 Å². The number of unbranched alkanes of at least 4 members (excludes halogenated alkanes) is 17. The second-order valence-electron chi connectivity index (χ2n) is 9.54. The van der Waals surface area contributed by atoms with Crippen LogP contribution < -0.4 is 0 Å². The highest BCUT2D eigenvalue weighted by atomic mass is 35.5. The highest BCUT2D eigenvalue weighted by molar-refractivity contribution is 6.17. The van der Waals surface area contributed by atoms with Gasteiger partial charge in [-0.1, -0.05) is 128 Å². The third kappa shape index (κ3) is 13.0. The molecule has 1 aromatic carbocycles. The molecule has 0 N–H and O–H groups in total. The molecular weight excluding hydrogens is 384 g/mol. The Morgan fingerprint density at radius 2 is 0.967 bits per heavy atom. The van der Waals surface area contributed by atoms with Crippen LogP contribution in [-0.2, 0) is 12.3 Å². The normalized spacial score (nSPS) is 11.3. The molecule has 0 aromatic heterocycles. The van der Waals surface area contributed by atoms with Gasteiger partial charge >= 0.3 is 0 Å². The minimum absolute atomic E-state index is 0.648. The highest BCUT2D eigenvalue weighted by Gasteiger charge is 2.07. The van der Waals surface area contributed by atoms with Crippen molar-refractivity contribution in [2.45, 2.75) is 149 Å². The van der Waals surface area contributed by atoms with Gasteiger partial charge in [0, 0.05) is 5.88 Å². The van der Waals surface area contributed by atoms with E-state index in [2.05, 4.69) is 32.9 Å². The van der Waals surface area contributed by atoms with Gasteiger partial charge in [-0.2, -0.15) is 0 Å². The topological polar surface area (TPSA) is 0 Å². The number of halogens is 1. The summed E-state index contributed by atoms with van der Waals surface area (Å²) >= 11 is 6.14. The number of alkyl halides is 1. The molecule has 30 heavy (non-hydrogen) atoms. The Bertz CT molecular complexity index is 519. The third-order valence-electron chi connectivity index (χ3n) is 6.89. The first-order valence-corrected chi connectivity index (χ1v) is 13.9. The van der Waals surface area contributed by atoms with E-state index in [1.54, 1.807) is 0 Å². The molecule has 0 unspecified atom stereocenters. The van der Waals surface area contributed by atoms with Crippen molar-refractivity contribution in [3.05, 3.63) is 34.4 Å². The van der Waals surface area contributed by atoms with Crippen molar-refractivity contribution in [1.29, 1.82) is 0 Å². The van der Waals surface area contributed by atoms with Crippen LogP contribution >= 0.6 is 11.6 Å². The Morgan fingerprint density at radius 3 is 1.37 bits per heavy atom. The summed E-state index contributed by atoms with van der Waals surface area (Å²) in [5, 5.41) is 0. The number of hydrogen-bond donors (Lipinski definition) is 0. The molecule has 0 bridgehead atoms. The van der Waals surface area contributed by atoms with Gasteiger partial charge in [0.1, 0.15) is 0 Å². The zero-order valence-corrected chi connectivity index (χ0v) is 21.4. The predicted molar refractivity (Wildman–Crippen MR) is 138 cm³/mol. The van der Waals surface area contributed by atoms with Gasteiger partial charge in [0.25, 0.3) is 0 Å². The van der Waals surface area contributed by atoms with Crippen molar-refractivity contribution in [3.63, 3.8) is 0 Å². The molecule has 0 radical (unpaired) electrons. The molecule has 0 saturated carbocycles.